The molecule has 1 fully saturated rings. The number of nitrogens with zero attached hydrogens (tertiary/aromatic N) is 4. The normalized spacial score (nSPS) is 14.4. The number of aromatic nitrogens is 2. The molecule has 188 valence electrons. The summed E-state index contributed by atoms with van der Waals surface area (Å²) >= 11 is 8.02. The van der Waals surface area contributed by atoms with Crippen molar-refractivity contribution in [1.82, 2.24) is 15.0 Å². The Bertz CT molecular complexity index is 1350. The first kappa shape index (κ1) is 24.9. The molecule has 0 N–H and O–H groups in total. The van der Waals surface area contributed by atoms with Gasteiger partial charge in [0, 0.05) is 31.7 Å². The van der Waals surface area contributed by atoms with Crippen LogP contribution in [0.1, 0.15) is 33.7 Å². The van der Waals surface area contributed by atoms with Gasteiger partial charge in [0.15, 0.2) is 5.13 Å². The standard InChI is InChI=1S/C27H29ClN4O3S/c1-17-9-10-18(2)25-23(17)29-27(36-25)32(12-6-11-31-13-15-34-16-14-31)26(33)22-19(3)35-30-24(22)20-7-4-5-8-21(20)28/h4-5,7-10H,6,11-16H2,1-3H3. The molecule has 3 heterocycles. The fourth-order valence-electron chi connectivity index (χ4n) is 4.52. The minimum atomic E-state index is -0.181. The molecular weight excluding hydrogens is 496 g/mol. The van der Waals surface area contributed by atoms with Gasteiger partial charge in [-0.15, -0.1) is 0 Å². The van der Waals surface area contributed by atoms with Gasteiger partial charge < -0.3 is 9.26 Å². The first-order chi connectivity index (χ1) is 17.4. The van der Waals surface area contributed by atoms with E-state index in [0.717, 1.165) is 60.6 Å². The molecule has 36 heavy (non-hydrogen) atoms. The number of aryl methyl sites for hydroxylation is 3. The molecule has 0 atom stereocenters. The molecule has 0 radical (unpaired) electrons. The third kappa shape index (κ3) is 4.91. The van der Waals surface area contributed by atoms with Crippen molar-refractivity contribution in [3.8, 4) is 11.3 Å². The Labute approximate surface area is 219 Å². The van der Waals surface area contributed by atoms with E-state index in [-0.39, 0.29) is 5.91 Å². The SMILES string of the molecule is Cc1onc(-c2ccccc2Cl)c1C(=O)N(CCCN1CCOCC1)c1nc2c(C)ccc(C)c2s1. The van der Waals surface area contributed by atoms with Crippen molar-refractivity contribution in [2.45, 2.75) is 27.2 Å². The molecule has 2 aromatic heterocycles. The van der Waals surface area contributed by atoms with E-state index >= 15 is 0 Å². The van der Waals surface area contributed by atoms with E-state index in [1.807, 2.05) is 18.2 Å². The van der Waals surface area contributed by atoms with Crippen molar-refractivity contribution < 1.29 is 14.1 Å². The van der Waals surface area contributed by atoms with Crippen molar-refractivity contribution >= 4 is 44.2 Å². The van der Waals surface area contributed by atoms with Crippen molar-refractivity contribution in [2.24, 2.45) is 0 Å². The van der Waals surface area contributed by atoms with Crippen LogP contribution in [0.5, 0.6) is 0 Å². The van der Waals surface area contributed by atoms with E-state index in [1.54, 1.807) is 29.2 Å². The maximum atomic E-state index is 14.2. The second kappa shape index (κ2) is 10.7. The van der Waals surface area contributed by atoms with Crippen molar-refractivity contribution in [2.75, 3.05) is 44.3 Å². The summed E-state index contributed by atoms with van der Waals surface area (Å²) in [4.78, 5) is 23.3. The second-order valence-corrected chi connectivity index (χ2v) is 10.5. The lowest BCUT2D eigenvalue weighted by molar-refractivity contribution is 0.0376. The van der Waals surface area contributed by atoms with Crippen LogP contribution in [0.25, 0.3) is 21.5 Å². The molecule has 2 aromatic carbocycles. The van der Waals surface area contributed by atoms with Crippen LogP contribution in [0.3, 0.4) is 0 Å². The third-order valence-corrected chi connectivity index (χ3v) is 8.12. The van der Waals surface area contributed by atoms with Gasteiger partial charge in [0.05, 0.1) is 28.5 Å². The predicted octanol–water partition coefficient (Wildman–Crippen LogP) is 5.90. The summed E-state index contributed by atoms with van der Waals surface area (Å²) in [6.07, 6.45) is 0.811. The molecule has 7 nitrogen and oxygen atoms in total. The molecule has 0 bridgehead atoms. The summed E-state index contributed by atoms with van der Waals surface area (Å²) in [6.45, 7) is 10.6. The number of morpholine rings is 1. The number of fused-ring (bicyclic) bond motifs is 1. The van der Waals surface area contributed by atoms with Gasteiger partial charge in [-0.05, 0) is 44.4 Å². The Balaban J connectivity index is 1.52. The molecule has 1 aliphatic rings. The molecule has 1 saturated heterocycles. The van der Waals surface area contributed by atoms with Gasteiger partial charge in [-0.3, -0.25) is 14.6 Å². The Hall–Kier alpha value is -2.78. The van der Waals surface area contributed by atoms with E-state index in [4.69, 9.17) is 25.8 Å². The molecular formula is C27H29ClN4O3S. The van der Waals surface area contributed by atoms with Gasteiger partial charge >= 0.3 is 0 Å². The number of rotatable bonds is 7. The summed E-state index contributed by atoms with van der Waals surface area (Å²) < 4.78 is 12.1. The van der Waals surface area contributed by atoms with Crippen LogP contribution < -0.4 is 4.90 Å². The van der Waals surface area contributed by atoms with Gasteiger partial charge in [-0.2, -0.15) is 0 Å². The molecule has 9 heteroatoms. The fraction of sp³-hybridized carbons (Fsp3) is 0.370. The average molecular weight is 525 g/mol. The number of halogens is 1. The highest BCUT2D eigenvalue weighted by atomic mass is 35.5. The van der Waals surface area contributed by atoms with Crippen molar-refractivity contribution in [3.63, 3.8) is 0 Å². The topological polar surface area (TPSA) is 71.7 Å². The number of carbonyl (C=O) groups excluding carboxylic acids is 1. The first-order valence-electron chi connectivity index (χ1n) is 12.1. The van der Waals surface area contributed by atoms with Gasteiger partial charge in [0.2, 0.25) is 0 Å². The van der Waals surface area contributed by atoms with E-state index < -0.39 is 0 Å². The lowest BCUT2D eigenvalue weighted by atomic mass is 10.0. The predicted molar refractivity (Wildman–Crippen MR) is 144 cm³/mol. The van der Waals surface area contributed by atoms with E-state index in [2.05, 4.69) is 36.0 Å². The summed E-state index contributed by atoms with van der Waals surface area (Å²) in [5.41, 5.74) is 4.73. The van der Waals surface area contributed by atoms with Crippen LogP contribution in [0.4, 0.5) is 5.13 Å². The Morgan fingerprint density at radius 2 is 1.86 bits per heavy atom. The molecule has 1 amide bonds. The van der Waals surface area contributed by atoms with Gasteiger partial charge in [-0.1, -0.05) is 58.4 Å². The third-order valence-electron chi connectivity index (χ3n) is 6.57. The molecule has 0 saturated carbocycles. The fourth-order valence-corrected chi connectivity index (χ4v) is 5.88. The first-order valence-corrected chi connectivity index (χ1v) is 13.3. The minimum Gasteiger partial charge on any atom is -0.379 e. The number of hydrogen-bond donors (Lipinski definition) is 0. The number of hydrogen-bond acceptors (Lipinski definition) is 7. The maximum absolute atomic E-state index is 14.2. The smallest absolute Gasteiger partial charge is 0.265 e. The van der Waals surface area contributed by atoms with E-state index in [9.17, 15) is 4.79 Å². The van der Waals surface area contributed by atoms with E-state index in [0.29, 0.717) is 39.3 Å². The largest absolute Gasteiger partial charge is 0.379 e. The zero-order valence-corrected chi connectivity index (χ0v) is 22.3. The van der Waals surface area contributed by atoms with Crippen molar-refractivity contribution in [1.29, 1.82) is 0 Å². The summed E-state index contributed by atoms with van der Waals surface area (Å²) in [6, 6.07) is 11.5. The molecule has 1 aliphatic heterocycles. The number of thiazole rings is 1. The zero-order chi connectivity index (χ0) is 25.2. The highest BCUT2D eigenvalue weighted by Crippen LogP contribution is 2.36. The number of anilines is 1. The quantitative estimate of drug-likeness (QED) is 0.300. The number of carbonyl (C=O) groups is 1. The Morgan fingerprint density at radius 1 is 1.11 bits per heavy atom. The van der Waals surface area contributed by atoms with Crippen LogP contribution >= 0.6 is 22.9 Å². The second-order valence-electron chi connectivity index (χ2n) is 9.08. The molecule has 0 unspecified atom stereocenters. The van der Waals surface area contributed by atoms with Gasteiger partial charge in [-0.25, -0.2) is 4.98 Å². The van der Waals surface area contributed by atoms with Crippen LogP contribution in [-0.4, -0.2) is 60.3 Å². The summed E-state index contributed by atoms with van der Waals surface area (Å²) in [5.74, 6) is 0.279. The number of amides is 1. The summed E-state index contributed by atoms with van der Waals surface area (Å²) in [7, 11) is 0. The average Bonchev–Trinajstić information content (AvgIpc) is 3.50. The highest BCUT2D eigenvalue weighted by Gasteiger charge is 2.30. The molecule has 5 rings (SSSR count). The molecule has 4 aromatic rings. The molecule has 0 aliphatic carbocycles. The Kier molecular flexibility index (Phi) is 7.39. The number of benzene rings is 2. The van der Waals surface area contributed by atoms with Crippen molar-refractivity contribution in [3.05, 3.63) is 63.9 Å². The van der Waals surface area contributed by atoms with Gasteiger partial charge in [0.1, 0.15) is 17.0 Å². The summed E-state index contributed by atoms with van der Waals surface area (Å²) in [5, 5.41) is 5.42. The minimum absolute atomic E-state index is 0.181. The lowest BCUT2D eigenvalue weighted by Gasteiger charge is -2.27. The lowest BCUT2D eigenvalue weighted by Crippen LogP contribution is -2.39. The van der Waals surface area contributed by atoms with E-state index in [1.165, 1.54) is 0 Å². The zero-order valence-electron chi connectivity index (χ0n) is 20.7. The van der Waals surface area contributed by atoms with Crippen LogP contribution in [-0.2, 0) is 4.74 Å². The van der Waals surface area contributed by atoms with Crippen LogP contribution in [0, 0.1) is 20.8 Å². The monoisotopic (exact) mass is 524 g/mol. The Morgan fingerprint density at radius 3 is 2.61 bits per heavy atom. The van der Waals surface area contributed by atoms with Crippen LogP contribution in [0.15, 0.2) is 40.9 Å². The number of ether oxygens (including phenoxy) is 1. The van der Waals surface area contributed by atoms with Crippen LogP contribution in [0.2, 0.25) is 5.02 Å². The highest BCUT2D eigenvalue weighted by molar-refractivity contribution is 7.22. The van der Waals surface area contributed by atoms with Gasteiger partial charge in [0.25, 0.3) is 5.91 Å². The maximum Gasteiger partial charge on any atom is 0.265 e. The molecule has 0 spiro atoms.